The predicted molar refractivity (Wildman–Crippen MR) is 83.0 cm³/mol. The van der Waals surface area contributed by atoms with Crippen molar-refractivity contribution in [1.29, 1.82) is 0 Å². The molecule has 0 aliphatic carbocycles. The number of nitrogens with one attached hydrogen (secondary N) is 1. The lowest BCUT2D eigenvalue weighted by Gasteiger charge is -2.35. The second-order valence-electron chi connectivity index (χ2n) is 5.07. The topological polar surface area (TPSA) is 38.3 Å². The van der Waals surface area contributed by atoms with Crippen LogP contribution in [0, 0.1) is 0 Å². The molecular formula is C16H27BrN2O2. The molecule has 1 rings (SSSR count). The molecule has 0 aliphatic heterocycles. The Morgan fingerprint density at radius 3 is 2.05 bits per heavy atom. The van der Waals surface area contributed by atoms with Crippen molar-refractivity contribution in [2.24, 2.45) is 0 Å². The highest BCUT2D eigenvalue weighted by atomic mass is 79.9. The molecule has 0 radical (unpaired) electrons. The van der Waals surface area contributed by atoms with E-state index in [2.05, 4.69) is 26.1 Å². The zero-order chi connectivity index (χ0) is 15.0. The Hall–Kier alpha value is -1.07. The smallest absolute Gasteiger partial charge is 0.221 e. The van der Waals surface area contributed by atoms with Crippen LogP contribution in [-0.2, 0) is 4.79 Å². The molecule has 1 N–H and O–H groups in total. The molecule has 120 valence electrons. The number of hydrogen-bond donors (Lipinski definition) is 1. The van der Waals surface area contributed by atoms with Crippen LogP contribution in [0.4, 0.5) is 5.69 Å². The highest BCUT2D eigenvalue weighted by molar-refractivity contribution is 5.88. The number of hydrogen-bond acceptors (Lipinski definition) is 2. The molecule has 0 atom stereocenters. The number of carbonyl (C=O) groups excluding carboxylic acids is 1. The van der Waals surface area contributed by atoms with Crippen LogP contribution >= 0.6 is 0 Å². The molecule has 0 bridgehead atoms. The Morgan fingerprint density at radius 1 is 1.10 bits per heavy atom. The number of rotatable bonds is 8. The highest BCUT2D eigenvalue weighted by Gasteiger charge is 2.20. The van der Waals surface area contributed by atoms with Crippen molar-refractivity contribution in [3.8, 4) is 5.75 Å². The van der Waals surface area contributed by atoms with Gasteiger partial charge < -0.3 is 31.5 Å². The number of benzene rings is 1. The summed E-state index contributed by atoms with van der Waals surface area (Å²) >= 11 is 0. The molecule has 0 aromatic heterocycles. The Bertz CT molecular complexity index is 409. The molecular weight excluding hydrogens is 332 g/mol. The molecule has 0 heterocycles. The third-order valence-electron chi connectivity index (χ3n) is 4.02. The summed E-state index contributed by atoms with van der Waals surface area (Å²) in [5.41, 5.74) is 0.797. The van der Waals surface area contributed by atoms with Crippen molar-refractivity contribution >= 4 is 11.6 Å². The average molecular weight is 359 g/mol. The van der Waals surface area contributed by atoms with Crippen LogP contribution in [0.1, 0.15) is 27.7 Å². The summed E-state index contributed by atoms with van der Waals surface area (Å²) in [4.78, 5) is 10.9. The SMILES string of the molecule is CC[N+](CC)(CC)CCOc1ccc(NC(C)=O)cc1.[Br-]. The van der Waals surface area contributed by atoms with Gasteiger partial charge in [0.2, 0.25) is 5.91 Å². The van der Waals surface area contributed by atoms with Crippen LogP contribution in [0.2, 0.25) is 0 Å². The van der Waals surface area contributed by atoms with E-state index in [4.69, 9.17) is 4.74 Å². The summed E-state index contributed by atoms with van der Waals surface area (Å²) in [6.45, 7) is 13.3. The van der Waals surface area contributed by atoms with Gasteiger partial charge in [0, 0.05) is 12.6 Å². The van der Waals surface area contributed by atoms with E-state index in [0.29, 0.717) is 0 Å². The number of likely N-dealkylation sites (N-methyl/N-ethyl adjacent to an activating group) is 1. The lowest BCUT2D eigenvalue weighted by molar-refractivity contribution is -0.923. The third-order valence-corrected chi connectivity index (χ3v) is 4.02. The van der Waals surface area contributed by atoms with E-state index >= 15 is 0 Å². The van der Waals surface area contributed by atoms with Crippen molar-refractivity contribution in [1.82, 2.24) is 0 Å². The largest absolute Gasteiger partial charge is 1.00 e. The molecule has 5 heteroatoms. The first-order chi connectivity index (χ1) is 9.55. The van der Waals surface area contributed by atoms with Gasteiger partial charge in [-0.05, 0) is 45.0 Å². The number of amides is 1. The van der Waals surface area contributed by atoms with Gasteiger partial charge in [-0.3, -0.25) is 4.79 Å². The summed E-state index contributed by atoms with van der Waals surface area (Å²) in [5.74, 6) is 0.787. The maximum Gasteiger partial charge on any atom is 0.221 e. The predicted octanol–water partition coefficient (Wildman–Crippen LogP) is -0.0957. The summed E-state index contributed by atoms with van der Waals surface area (Å²) in [6.07, 6.45) is 0. The van der Waals surface area contributed by atoms with Crippen LogP contribution in [0.5, 0.6) is 5.75 Å². The summed E-state index contributed by atoms with van der Waals surface area (Å²) in [7, 11) is 0. The number of halogens is 1. The fourth-order valence-corrected chi connectivity index (χ4v) is 2.34. The minimum atomic E-state index is -0.0606. The maximum absolute atomic E-state index is 10.9. The van der Waals surface area contributed by atoms with Crippen LogP contribution in [0.15, 0.2) is 24.3 Å². The van der Waals surface area contributed by atoms with Crippen LogP contribution in [-0.4, -0.2) is 43.2 Å². The first-order valence-electron chi connectivity index (χ1n) is 7.40. The van der Waals surface area contributed by atoms with Crippen molar-refractivity contribution in [3.05, 3.63) is 24.3 Å². The summed E-state index contributed by atoms with van der Waals surface area (Å²) in [5, 5.41) is 2.74. The van der Waals surface area contributed by atoms with Crippen LogP contribution in [0.25, 0.3) is 0 Å². The van der Waals surface area contributed by atoms with E-state index in [1.165, 1.54) is 6.92 Å². The minimum Gasteiger partial charge on any atom is -1.00 e. The Kier molecular flexibility index (Phi) is 9.29. The maximum atomic E-state index is 10.9. The van der Waals surface area contributed by atoms with Gasteiger partial charge in [0.05, 0.1) is 19.6 Å². The molecule has 1 aromatic rings. The average Bonchev–Trinajstić information content (AvgIpc) is 2.45. The van der Waals surface area contributed by atoms with Gasteiger partial charge in [0.25, 0.3) is 0 Å². The number of carbonyl (C=O) groups is 1. The lowest BCUT2D eigenvalue weighted by atomic mass is 10.3. The van der Waals surface area contributed by atoms with Gasteiger partial charge in [-0.15, -0.1) is 0 Å². The molecule has 0 saturated heterocycles. The van der Waals surface area contributed by atoms with Gasteiger partial charge in [-0.2, -0.15) is 0 Å². The first kappa shape index (κ1) is 19.9. The normalized spacial score (nSPS) is 10.7. The molecule has 0 unspecified atom stereocenters. The van der Waals surface area contributed by atoms with E-state index in [-0.39, 0.29) is 22.9 Å². The number of nitrogens with zero attached hydrogens (tertiary/aromatic N) is 1. The fraction of sp³-hybridized carbons (Fsp3) is 0.562. The monoisotopic (exact) mass is 358 g/mol. The molecule has 0 spiro atoms. The van der Waals surface area contributed by atoms with Crippen LogP contribution < -0.4 is 27.0 Å². The van der Waals surface area contributed by atoms with E-state index in [1.54, 1.807) is 0 Å². The van der Waals surface area contributed by atoms with E-state index in [0.717, 1.165) is 48.7 Å². The second-order valence-corrected chi connectivity index (χ2v) is 5.07. The molecule has 1 amide bonds. The van der Waals surface area contributed by atoms with Gasteiger partial charge in [-0.25, -0.2) is 0 Å². The van der Waals surface area contributed by atoms with Crippen molar-refractivity contribution < 1.29 is 31.0 Å². The molecule has 0 aliphatic rings. The minimum absolute atomic E-state index is 0. The molecule has 21 heavy (non-hydrogen) atoms. The van der Waals surface area contributed by atoms with Gasteiger partial charge >= 0.3 is 0 Å². The van der Waals surface area contributed by atoms with Gasteiger partial charge in [0.15, 0.2) is 0 Å². The van der Waals surface area contributed by atoms with Gasteiger partial charge in [0.1, 0.15) is 18.9 Å². The van der Waals surface area contributed by atoms with E-state index in [1.807, 2.05) is 24.3 Å². The van der Waals surface area contributed by atoms with Crippen LogP contribution in [0.3, 0.4) is 0 Å². The summed E-state index contributed by atoms with van der Waals surface area (Å²) < 4.78 is 6.89. The molecule has 1 aromatic carbocycles. The van der Waals surface area contributed by atoms with Crippen molar-refractivity contribution in [3.63, 3.8) is 0 Å². The Labute approximate surface area is 138 Å². The fourth-order valence-electron chi connectivity index (χ4n) is 2.34. The number of quaternary nitrogens is 1. The Morgan fingerprint density at radius 2 is 1.62 bits per heavy atom. The van der Waals surface area contributed by atoms with Crippen molar-refractivity contribution in [2.75, 3.05) is 38.1 Å². The second kappa shape index (κ2) is 9.79. The molecule has 0 fully saturated rings. The molecule has 4 nitrogen and oxygen atoms in total. The quantitative estimate of drug-likeness (QED) is 0.659. The first-order valence-corrected chi connectivity index (χ1v) is 7.40. The molecule has 0 saturated carbocycles. The van der Waals surface area contributed by atoms with E-state index < -0.39 is 0 Å². The zero-order valence-corrected chi connectivity index (χ0v) is 15.1. The zero-order valence-electron chi connectivity index (χ0n) is 13.5. The van der Waals surface area contributed by atoms with E-state index in [9.17, 15) is 4.79 Å². The summed E-state index contributed by atoms with van der Waals surface area (Å²) in [6, 6.07) is 7.50. The standard InChI is InChI=1S/C16H26N2O2.BrH/c1-5-18(6-2,7-3)12-13-20-16-10-8-15(9-11-16)17-14(4)19;/h8-11H,5-7,12-13H2,1-4H3;1H. The van der Waals surface area contributed by atoms with Crippen molar-refractivity contribution in [2.45, 2.75) is 27.7 Å². The Balaban J connectivity index is 0.00000400. The highest BCUT2D eigenvalue weighted by Crippen LogP contribution is 2.16. The number of anilines is 1. The third kappa shape index (κ3) is 6.48. The number of ether oxygens (including phenoxy) is 1. The van der Waals surface area contributed by atoms with Gasteiger partial charge in [-0.1, -0.05) is 0 Å². The lowest BCUT2D eigenvalue weighted by Crippen LogP contribution is -3.00.